The average molecular weight is 255 g/mol. The van der Waals surface area contributed by atoms with Gasteiger partial charge in [-0.2, -0.15) is 0 Å². The number of amides is 1. The largest absolute Gasteiger partial charge is 0.444 e. The van der Waals surface area contributed by atoms with Crippen molar-refractivity contribution in [1.82, 2.24) is 4.90 Å². The van der Waals surface area contributed by atoms with Gasteiger partial charge in [0.1, 0.15) is 5.60 Å². The fourth-order valence-electron chi connectivity index (χ4n) is 3.32. The molecule has 4 heteroatoms. The molecule has 2 aliphatic rings. The highest BCUT2D eigenvalue weighted by molar-refractivity contribution is 5.68. The Kier molecular flexibility index (Phi) is 3.34. The molecule has 1 unspecified atom stereocenters. The number of hydrogen-bond donors (Lipinski definition) is 1. The third kappa shape index (κ3) is 2.79. The summed E-state index contributed by atoms with van der Waals surface area (Å²) in [6.07, 6.45) is 3.46. The van der Waals surface area contributed by atoms with Crippen molar-refractivity contribution < 1.29 is 14.6 Å². The molecule has 1 N–H and O–H groups in total. The van der Waals surface area contributed by atoms with Gasteiger partial charge >= 0.3 is 6.09 Å². The van der Waals surface area contributed by atoms with Crippen LogP contribution in [0.25, 0.3) is 0 Å². The van der Waals surface area contributed by atoms with E-state index < -0.39 is 5.60 Å². The van der Waals surface area contributed by atoms with Gasteiger partial charge < -0.3 is 14.7 Å². The Hall–Kier alpha value is -0.770. The van der Waals surface area contributed by atoms with Gasteiger partial charge in [0.05, 0.1) is 6.10 Å². The number of aliphatic hydroxyl groups is 1. The summed E-state index contributed by atoms with van der Waals surface area (Å²) in [7, 11) is 0. The van der Waals surface area contributed by atoms with Crippen LogP contribution in [0.4, 0.5) is 4.79 Å². The molecule has 0 bridgehead atoms. The maximum Gasteiger partial charge on any atom is 0.410 e. The van der Waals surface area contributed by atoms with Gasteiger partial charge in [-0.05, 0) is 58.8 Å². The zero-order chi connectivity index (χ0) is 13.6. The van der Waals surface area contributed by atoms with Gasteiger partial charge in [-0.25, -0.2) is 4.79 Å². The maximum absolute atomic E-state index is 12.1. The van der Waals surface area contributed by atoms with Crippen molar-refractivity contribution in [1.29, 1.82) is 0 Å². The second-order valence-corrected chi connectivity index (χ2v) is 7.04. The van der Waals surface area contributed by atoms with Gasteiger partial charge in [0, 0.05) is 12.6 Å². The minimum Gasteiger partial charge on any atom is -0.444 e. The molecule has 0 radical (unpaired) electrons. The van der Waals surface area contributed by atoms with E-state index in [0.29, 0.717) is 0 Å². The van der Waals surface area contributed by atoms with Crippen molar-refractivity contribution in [2.24, 2.45) is 5.41 Å². The highest BCUT2D eigenvalue weighted by Gasteiger charge is 2.48. The lowest BCUT2D eigenvalue weighted by atomic mass is 9.60. The van der Waals surface area contributed by atoms with E-state index in [-0.39, 0.29) is 23.7 Å². The summed E-state index contributed by atoms with van der Waals surface area (Å²) in [5, 5.41) is 9.47. The molecule has 0 aromatic heterocycles. The van der Waals surface area contributed by atoms with E-state index in [1.54, 1.807) is 0 Å². The van der Waals surface area contributed by atoms with Crippen molar-refractivity contribution >= 4 is 6.09 Å². The topological polar surface area (TPSA) is 49.8 Å². The van der Waals surface area contributed by atoms with E-state index in [1.165, 1.54) is 0 Å². The summed E-state index contributed by atoms with van der Waals surface area (Å²) in [6, 6.07) is 0.209. The van der Waals surface area contributed by atoms with Crippen molar-refractivity contribution in [2.45, 2.75) is 71.1 Å². The van der Waals surface area contributed by atoms with Gasteiger partial charge in [-0.15, -0.1) is 0 Å². The van der Waals surface area contributed by atoms with Crippen LogP contribution in [-0.2, 0) is 4.74 Å². The van der Waals surface area contributed by atoms with Crippen LogP contribution in [-0.4, -0.2) is 40.4 Å². The first-order valence-electron chi connectivity index (χ1n) is 6.88. The maximum atomic E-state index is 12.1. The number of likely N-dealkylation sites (tertiary alicyclic amines) is 1. The van der Waals surface area contributed by atoms with Gasteiger partial charge in [0.2, 0.25) is 0 Å². The van der Waals surface area contributed by atoms with E-state index in [9.17, 15) is 9.90 Å². The average Bonchev–Trinajstić information content (AvgIpc) is 2.12. The smallest absolute Gasteiger partial charge is 0.410 e. The predicted molar refractivity (Wildman–Crippen MR) is 69.3 cm³/mol. The third-order valence-corrected chi connectivity index (χ3v) is 4.11. The molecule has 1 atom stereocenters. The molecule has 18 heavy (non-hydrogen) atoms. The van der Waals surface area contributed by atoms with Crippen LogP contribution in [0.1, 0.15) is 53.4 Å². The van der Waals surface area contributed by atoms with E-state index in [0.717, 1.165) is 32.2 Å². The molecule has 1 heterocycles. The summed E-state index contributed by atoms with van der Waals surface area (Å²) in [5.41, 5.74) is -0.143. The van der Waals surface area contributed by atoms with Gasteiger partial charge in [-0.3, -0.25) is 0 Å². The first-order valence-corrected chi connectivity index (χ1v) is 6.88. The number of rotatable bonds is 0. The summed E-state index contributed by atoms with van der Waals surface area (Å²) in [5.74, 6) is 0. The molecule has 104 valence electrons. The number of aliphatic hydroxyl groups excluding tert-OH is 1. The van der Waals surface area contributed by atoms with Crippen LogP contribution >= 0.6 is 0 Å². The van der Waals surface area contributed by atoms with Crippen LogP contribution in [0.3, 0.4) is 0 Å². The van der Waals surface area contributed by atoms with Crippen LogP contribution in [0.15, 0.2) is 0 Å². The Morgan fingerprint density at radius 3 is 2.39 bits per heavy atom. The first kappa shape index (κ1) is 13.7. The number of hydrogen-bond acceptors (Lipinski definition) is 3. The molecule has 2 fully saturated rings. The quantitative estimate of drug-likeness (QED) is 0.723. The number of piperidine rings is 1. The molecular formula is C14H25NO3. The zero-order valence-corrected chi connectivity index (χ0v) is 11.9. The SMILES string of the molecule is CC1CC2(CCN1C(=O)OC(C)(C)C)CC(O)C2. The highest BCUT2D eigenvalue weighted by Crippen LogP contribution is 2.50. The van der Waals surface area contributed by atoms with E-state index in [2.05, 4.69) is 6.92 Å². The predicted octanol–water partition coefficient (Wildman–Crippen LogP) is 2.55. The van der Waals surface area contributed by atoms with Crippen molar-refractivity contribution in [3.05, 3.63) is 0 Å². The molecule has 0 aromatic carbocycles. The molecule has 1 saturated heterocycles. The molecule has 1 spiro atoms. The fourth-order valence-corrected chi connectivity index (χ4v) is 3.32. The number of carbonyl (C=O) groups is 1. The Balaban J connectivity index is 1.91. The Labute approximate surface area is 109 Å². The molecule has 0 aromatic rings. The summed E-state index contributed by atoms with van der Waals surface area (Å²) < 4.78 is 5.43. The zero-order valence-electron chi connectivity index (χ0n) is 11.9. The minimum absolute atomic E-state index is 0.120. The molecule has 1 aliphatic heterocycles. The van der Waals surface area contributed by atoms with Gasteiger partial charge in [-0.1, -0.05) is 0 Å². The van der Waals surface area contributed by atoms with E-state index in [4.69, 9.17) is 4.74 Å². The third-order valence-electron chi connectivity index (χ3n) is 4.11. The fraction of sp³-hybridized carbons (Fsp3) is 0.929. The number of nitrogens with zero attached hydrogens (tertiary/aromatic N) is 1. The van der Waals surface area contributed by atoms with Crippen molar-refractivity contribution in [3.63, 3.8) is 0 Å². The second kappa shape index (κ2) is 4.41. The summed E-state index contributed by atoms with van der Waals surface area (Å²) >= 11 is 0. The highest BCUT2D eigenvalue weighted by atomic mass is 16.6. The Morgan fingerprint density at radius 2 is 1.94 bits per heavy atom. The Bertz CT molecular complexity index is 328. The summed E-state index contributed by atoms with van der Waals surface area (Å²) in [6.45, 7) is 8.51. The molecular weight excluding hydrogens is 230 g/mol. The van der Waals surface area contributed by atoms with Crippen molar-refractivity contribution in [3.8, 4) is 0 Å². The van der Waals surface area contributed by atoms with Crippen LogP contribution < -0.4 is 0 Å². The first-order chi connectivity index (χ1) is 8.21. The normalized spacial score (nSPS) is 36.4. The van der Waals surface area contributed by atoms with Gasteiger partial charge in [0.25, 0.3) is 0 Å². The Morgan fingerprint density at radius 1 is 1.33 bits per heavy atom. The van der Waals surface area contributed by atoms with Crippen molar-refractivity contribution in [2.75, 3.05) is 6.54 Å². The van der Waals surface area contributed by atoms with E-state index in [1.807, 2.05) is 25.7 Å². The number of carbonyl (C=O) groups excluding carboxylic acids is 1. The molecule has 2 rings (SSSR count). The van der Waals surface area contributed by atoms with E-state index >= 15 is 0 Å². The molecule has 1 aliphatic carbocycles. The van der Waals surface area contributed by atoms with Crippen LogP contribution in [0.5, 0.6) is 0 Å². The minimum atomic E-state index is -0.432. The lowest BCUT2D eigenvalue weighted by Gasteiger charge is -2.52. The second-order valence-electron chi connectivity index (χ2n) is 7.04. The number of ether oxygens (including phenoxy) is 1. The monoisotopic (exact) mass is 255 g/mol. The summed E-state index contributed by atoms with van der Waals surface area (Å²) in [4.78, 5) is 13.9. The molecule has 1 saturated carbocycles. The molecule has 4 nitrogen and oxygen atoms in total. The lowest BCUT2D eigenvalue weighted by Crippen LogP contribution is -2.54. The van der Waals surface area contributed by atoms with Gasteiger partial charge in [0.15, 0.2) is 0 Å². The lowest BCUT2D eigenvalue weighted by molar-refractivity contribution is -0.0829. The molecule has 1 amide bonds. The van der Waals surface area contributed by atoms with Crippen LogP contribution in [0, 0.1) is 5.41 Å². The standard InChI is InChI=1S/C14H25NO3/c1-10-7-14(8-11(16)9-14)5-6-15(10)12(17)18-13(2,3)4/h10-11,16H,5-9H2,1-4H3. The van der Waals surface area contributed by atoms with Crippen LogP contribution in [0.2, 0.25) is 0 Å².